The first-order chi connectivity index (χ1) is 14.6. The highest BCUT2D eigenvalue weighted by Crippen LogP contribution is 2.24. The van der Waals surface area contributed by atoms with Gasteiger partial charge in [-0.25, -0.2) is 4.39 Å². The number of amides is 2. The molecule has 1 aliphatic carbocycles. The van der Waals surface area contributed by atoms with E-state index in [4.69, 9.17) is 0 Å². The first-order valence-electron chi connectivity index (χ1n) is 11.0. The normalized spacial score (nSPS) is 13.9. The Kier molecular flexibility index (Phi) is 8.00. The van der Waals surface area contributed by atoms with Crippen LogP contribution in [0.15, 0.2) is 48.5 Å². The summed E-state index contributed by atoms with van der Waals surface area (Å²) in [5.74, 6) is 0.0249. The van der Waals surface area contributed by atoms with E-state index >= 15 is 0 Å². The van der Waals surface area contributed by atoms with Crippen LogP contribution in [0.5, 0.6) is 0 Å². The van der Waals surface area contributed by atoms with Crippen LogP contribution in [0.3, 0.4) is 0 Å². The van der Waals surface area contributed by atoms with Crippen molar-refractivity contribution in [2.75, 3.05) is 13.1 Å². The molecule has 0 aliphatic heterocycles. The Morgan fingerprint density at radius 3 is 2.43 bits per heavy atom. The fourth-order valence-corrected chi connectivity index (χ4v) is 4.01. The second kappa shape index (κ2) is 10.9. The van der Waals surface area contributed by atoms with Gasteiger partial charge >= 0.3 is 0 Å². The molecule has 0 spiro atoms. The van der Waals surface area contributed by atoms with E-state index in [1.807, 2.05) is 42.2 Å². The second-order valence-electron chi connectivity index (χ2n) is 8.07. The lowest BCUT2D eigenvalue weighted by molar-refractivity contribution is -0.124. The Bertz CT molecular complexity index is 844. The van der Waals surface area contributed by atoms with Gasteiger partial charge in [-0.15, -0.1) is 0 Å². The van der Waals surface area contributed by atoms with Crippen LogP contribution in [0.2, 0.25) is 0 Å². The zero-order valence-electron chi connectivity index (χ0n) is 17.7. The topological polar surface area (TPSA) is 49.4 Å². The van der Waals surface area contributed by atoms with Crippen LogP contribution in [0.1, 0.15) is 60.5 Å². The molecule has 1 fully saturated rings. The second-order valence-corrected chi connectivity index (χ2v) is 8.07. The molecule has 1 saturated carbocycles. The summed E-state index contributed by atoms with van der Waals surface area (Å²) in [5, 5.41) is 3.01. The molecule has 0 bridgehead atoms. The fraction of sp³-hybridized carbons (Fsp3) is 0.440. The minimum Gasteiger partial charge on any atom is -0.352 e. The summed E-state index contributed by atoms with van der Waals surface area (Å²) in [5.41, 5.74) is 2.51. The third kappa shape index (κ3) is 6.15. The van der Waals surface area contributed by atoms with Crippen LogP contribution in [-0.4, -0.2) is 29.8 Å². The van der Waals surface area contributed by atoms with Gasteiger partial charge in [0.1, 0.15) is 5.82 Å². The average molecular weight is 411 g/mol. The van der Waals surface area contributed by atoms with Crippen molar-refractivity contribution in [1.29, 1.82) is 0 Å². The molecule has 2 aromatic rings. The minimum atomic E-state index is -0.253. The smallest absolute Gasteiger partial charge is 0.253 e. The largest absolute Gasteiger partial charge is 0.352 e. The van der Waals surface area contributed by atoms with Gasteiger partial charge in [0.25, 0.3) is 5.91 Å². The van der Waals surface area contributed by atoms with E-state index in [-0.39, 0.29) is 23.5 Å². The van der Waals surface area contributed by atoms with Gasteiger partial charge in [-0.2, -0.15) is 0 Å². The maximum absolute atomic E-state index is 13.4. The van der Waals surface area contributed by atoms with Crippen LogP contribution >= 0.6 is 0 Å². The van der Waals surface area contributed by atoms with E-state index in [1.165, 1.54) is 12.1 Å². The molecule has 0 unspecified atom stereocenters. The Morgan fingerprint density at radius 2 is 1.77 bits per heavy atom. The number of carbonyl (C=O) groups excluding carboxylic acids is 2. The summed E-state index contributed by atoms with van der Waals surface area (Å²) in [7, 11) is 0. The fourth-order valence-electron chi connectivity index (χ4n) is 4.01. The molecule has 3 rings (SSSR count). The van der Waals surface area contributed by atoms with Crippen LogP contribution in [0, 0.1) is 11.7 Å². The van der Waals surface area contributed by atoms with Crippen molar-refractivity contribution in [2.45, 2.75) is 52.0 Å². The third-order valence-electron chi connectivity index (χ3n) is 5.73. The lowest BCUT2D eigenvalue weighted by Gasteiger charge is -2.22. The van der Waals surface area contributed by atoms with Crippen molar-refractivity contribution in [3.63, 3.8) is 0 Å². The lowest BCUT2D eigenvalue weighted by Crippen LogP contribution is -2.33. The van der Waals surface area contributed by atoms with E-state index in [0.717, 1.165) is 43.2 Å². The van der Waals surface area contributed by atoms with Gasteiger partial charge in [0, 0.05) is 31.1 Å². The van der Waals surface area contributed by atoms with Crippen LogP contribution in [-0.2, 0) is 17.8 Å². The predicted octanol–water partition coefficient (Wildman–Crippen LogP) is 4.73. The Morgan fingerprint density at radius 1 is 1.03 bits per heavy atom. The molecular weight excluding hydrogens is 379 g/mol. The molecule has 1 N–H and O–H groups in total. The maximum atomic E-state index is 13.4. The van der Waals surface area contributed by atoms with Crippen LogP contribution in [0.25, 0.3) is 0 Å². The molecule has 2 amide bonds. The van der Waals surface area contributed by atoms with Crippen molar-refractivity contribution in [2.24, 2.45) is 5.92 Å². The number of rotatable bonds is 9. The monoisotopic (exact) mass is 410 g/mol. The number of nitrogens with one attached hydrogen (secondary N) is 1. The summed E-state index contributed by atoms with van der Waals surface area (Å²) >= 11 is 0. The highest BCUT2D eigenvalue weighted by molar-refractivity contribution is 5.94. The molecule has 30 heavy (non-hydrogen) atoms. The maximum Gasteiger partial charge on any atom is 0.253 e. The number of nitrogens with zero attached hydrogens (tertiary/aromatic N) is 1. The number of halogens is 1. The molecule has 0 atom stereocenters. The van der Waals surface area contributed by atoms with Crippen molar-refractivity contribution in [1.82, 2.24) is 10.2 Å². The van der Waals surface area contributed by atoms with E-state index in [0.29, 0.717) is 31.6 Å². The number of hydrogen-bond acceptors (Lipinski definition) is 2. The zero-order valence-corrected chi connectivity index (χ0v) is 17.7. The number of benzene rings is 2. The SMILES string of the molecule is CCCN(CCc1cccc(F)c1)C(=O)c1ccc(CNC(=O)C2CCCC2)cc1. The summed E-state index contributed by atoms with van der Waals surface area (Å²) in [6, 6.07) is 14.0. The Hall–Kier alpha value is -2.69. The van der Waals surface area contributed by atoms with Gasteiger partial charge in [0.05, 0.1) is 0 Å². The van der Waals surface area contributed by atoms with Gasteiger partial charge in [-0.3, -0.25) is 9.59 Å². The van der Waals surface area contributed by atoms with E-state index < -0.39 is 0 Å². The average Bonchev–Trinajstić information content (AvgIpc) is 3.30. The minimum absolute atomic E-state index is 0.0187. The van der Waals surface area contributed by atoms with Gasteiger partial charge in [-0.05, 0) is 61.1 Å². The van der Waals surface area contributed by atoms with Crippen molar-refractivity contribution in [3.8, 4) is 0 Å². The molecule has 5 heteroatoms. The first kappa shape index (κ1) is 22.0. The number of carbonyl (C=O) groups is 2. The molecule has 0 saturated heterocycles. The Balaban J connectivity index is 1.55. The molecule has 160 valence electrons. The molecule has 0 aromatic heterocycles. The van der Waals surface area contributed by atoms with Crippen LogP contribution in [0.4, 0.5) is 4.39 Å². The van der Waals surface area contributed by atoms with Crippen LogP contribution < -0.4 is 5.32 Å². The zero-order chi connectivity index (χ0) is 21.3. The summed E-state index contributed by atoms with van der Waals surface area (Å²) in [6.45, 7) is 3.74. The molecular formula is C25H31FN2O2. The standard InChI is InChI=1S/C25H31FN2O2/c1-2-15-28(16-14-19-6-5-9-23(26)17-19)25(30)22-12-10-20(11-13-22)18-27-24(29)21-7-3-4-8-21/h5-6,9-13,17,21H,2-4,7-8,14-16,18H2,1H3,(H,27,29). The highest BCUT2D eigenvalue weighted by atomic mass is 19.1. The summed E-state index contributed by atoms with van der Waals surface area (Å²) in [4.78, 5) is 26.9. The van der Waals surface area contributed by atoms with E-state index in [2.05, 4.69) is 5.32 Å². The molecule has 4 nitrogen and oxygen atoms in total. The predicted molar refractivity (Wildman–Crippen MR) is 117 cm³/mol. The molecule has 1 aliphatic rings. The Labute approximate surface area is 178 Å². The highest BCUT2D eigenvalue weighted by Gasteiger charge is 2.22. The third-order valence-corrected chi connectivity index (χ3v) is 5.73. The number of hydrogen-bond donors (Lipinski definition) is 1. The quantitative estimate of drug-likeness (QED) is 0.650. The van der Waals surface area contributed by atoms with E-state index in [9.17, 15) is 14.0 Å². The summed E-state index contributed by atoms with van der Waals surface area (Å²) in [6.07, 6.45) is 5.74. The molecule has 0 heterocycles. The van der Waals surface area contributed by atoms with E-state index in [1.54, 1.807) is 6.07 Å². The van der Waals surface area contributed by atoms with Gasteiger partial charge in [0.2, 0.25) is 5.91 Å². The van der Waals surface area contributed by atoms with Crippen molar-refractivity contribution >= 4 is 11.8 Å². The molecule has 2 aromatic carbocycles. The first-order valence-corrected chi connectivity index (χ1v) is 11.0. The molecule has 0 radical (unpaired) electrons. The van der Waals surface area contributed by atoms with Crippen molar-refractivity contribution < 1.29 is 14.0 Å². The van der Waals surface area contributed by atoms with Gasteiger partial charge in [-0.1, -0.05) is 44.0 Å². The van der Waals surface area contributed by atoms with Gasteiger partial charge < -0.3 is 10.2 Å². The lowest BCUT2D eigenvalue weighted by atomic mass is 10.1. The van der Waals surface area contributed by atoms with Gasteiger partial charge in [0.15, 0.2) is 0 Å². The van der Waals surface area contributed by atoms with Crippen molar-refractivity contribution in [3.05, 3.63) is 71.0 Å². The summed E-state index contributed by atoms with van der Waals surface area (Å²) < 4.78 is 13.4.